The Balaban J connectivity index is 0.00000264. The van der Waals surface area contributed by atoms with Crippen LogP contribution >= 0.6 is 24.0 Å². The van der Waals surface area contributed by atoms with E-state index < -0.39 is 0 Å². The largest absolute Gasteiger partial charge is 0.351 e. The lowest BCUT2D eigenvalue weighted by molar-refractivity contribution is 0.0945. The summed E-state index contributed by atoms with van der Waals surface area (Å²) >= 11 is 6.04. The Morgan fingerprint density at radius 3 is 2.39 bits per heavy atom. The number of hydrogen-bond donors (Lipinski definition) is 2. The molecule has 0 fully saturated rings. The van der Waals surface area contributed by atoms with E-state index in [0.717, 1.165) is 11.1 Å². The molecule has 0 bridgehead atoms. The Morgan fingerprint density at radius 2 is 1.83 bits per heavy atom. The summed E-state index contributed by atoms with van der Waals surface area (Å²) in [5, 5.41) is 3.68. The first-order chi connectivity index (χ1) is 10.4. The van der Waals surface area contributed by atoms with Gasteiger partial charge in [-0.05, 0) is 35.4 Å². The highest BCUT2D eigenvalue weighted by molar-refractivity contribution is 6.30. The molecule has 23 heavy (non-hydrogen) atoms. The Bertz CT molecular complexity index is 654. The van der Waals surface area contributed by atoms with E-state index in [4.69, 9.17) is 17.3 Å². The molecule has 2 aromatic rings. The molecule has 0 atom stereocenters. The molecular weight excluding hydrogens is 331 g/mol. The van der Waals surface area contributed by atoms with Gasteiger partial charge in [-0.1, -0.05) is 49.7 Å². The van der Waals surface area contributed by atoms with Crippen LogP contribution in [0.2, 0.25) is 5.02 Å². The van der Waals surface area contributed by atoms with Crippen molar-refractivity contribution in [1.29, 1.82) is 0 Å². The molecule has 0 unspecified atom stereocenters. The summed E-state index contributed by atoms with van der Waals surface area (Å²) in [5.74, 6) is -0.0846. The predicted octanol–water partition coefficient (Wildman–Crippen LogP) is 3.93. The van der Waals surface area contributed by atoms with Gasteiger partial charge in [0.15, 0.2) is 0 Å². The van der Waals surface area contributed by atoms with E-state index in [0.29, 0.717) is 23.7 Å². The third kappa shape index (κ3) is 5.24. The number of nitrogens with two attached hydrogens (primary N) is 1. The average Bonchev–Trinajstić information content (AvgIpc) is 2.53. The molecule has 0 saturated heterocycles. The maximum Gasteiger partial charge on any atom is 0.251 e. The topological polar surface area (TPSA) is 55.1 Å². The molecular formula is C18H22Cl2N2O. The summed E-state index contributed by atoms with van der Waals surface area (Å²) in [6.07, 6.45) is 0. The number of benzene rings is 2. The molecule has 0 aromatic heterocycles. The van der Waals surface area contributed by atoms with Crippen molar-refractivity contribution in [3.8, 4) is 0 Å². The zero-order valence-corrected chi connectivity index (χ0v) is 14.9. The Hall–Kier alpha value is -1.55. The highest BCUT2D eigenvalue weighted by Crippen LogP contribution is 2.24. The minimum absolute atomic E-state index is 0. The van der Waals surface area contributed by atoms with Crippen molar-refractivity contribution in [2.24, 2.45) is 5.73 Å². The fourth-order valence-corrected chi connectivity index (χ4v) is 2.40. The van der Waals surface area contributed by atoms with Gasteiger partial charge in [-0.25, -0.2) is 0 Å². The first kappa shape index (κ1) is 19.5. The maximum absolute atomic E-state index is 12.2. The third-order valence-electron chi connectivity index (χ3n) is 3.75. The van der Waals surface area contributed by atoms with Crippen LogP contribution in [-0.2, 0) is 12.0 Å². The second-order valence-electron chi connectivity index (χ2n) is 5.98. The zero-order chi connectivity index (χ0) is 16.2. The van der Waals surface area contributed by atoms with Gasteiger partial charge in [0.05, 0.1) is 0 Å². The van der Waals surface area contributed by atoms with Crippen LogP contribution in [0.4, 0.5) is 0 Å². The van der Waals surface area contributed by atoms with Crippen LogP contribution in [0.3, 0.4) is 0 Å². The molecule has 0 heterocycles. The number of nitrogens with one attached hydrogen (secondary N) is 1. The molecule has 0 spiro atoms. The molecule has 124 valence electrons. The molecule has 0 aliphatic heterocycles. The van der Waals surface area contributed by atoms with Crippen molar-refractivity contribution in [2.75, 3.05) is 6.54 Å². The van der Waals surface area contributed by atoms with Crippen molar-refractivity contribution < 1.29 is 4.79 Å². The van der Waals surface area contributed by atoms with Crippen molar-refractivity contribution in [1.82, 2.24) is 5.32 Å². The van der Waals surface area contributed by atoms with E-state index in [1.807, 2.05) is 36.4 Å². The minimum atomic E-state index is -0.197. The highest BCUT2D eigenvalue weighted by atomic mass is 35.5. The van der Waals surface area contributed by atoms with Crippen molar-refractivity contribution >= 4 is 29.9 Å². The van der Waals surface area contributed by atoms with Gasteiger partial charge in [0.2, 0.25) is 0 Å². The Kier molecular flexibility index (Phi) is 7.07. The molecule has 2 rings (SSSR count). The van der Waals surface area contributed by atoms with Gasteiger partial charge >= 0.3 is 0 Å². The summed E-state index contributed by atoms with van der Waals surface area (Å²) in [5.41, 5.74) is 8.10. The smallest absolute Gasteiger partial charge is 0.251 e. The summed E-state index contributed by atoms with van der Waals surface area (Å²) in [6, 6.07) is 15.1. The van der Waals surface area contributed by atoms with E-state index in [9.17, 15) is 4.79 Å². The monoisotopic (exact) mass is 352 g/mol. The average molecular weight is 353 g/mol. The fourth-order valence-electron chi connectivity index (χ4n) is 2.21. The van der Waals surface area contributed by atoms with E-state index in [-0.39, 0.29) is 23.7 Å². The molecule has 0 saturated carbocycles. The van der Waals surface area contributed by atoms with Gasteiger partial charge in [0.25, 0.3) is 5.91 Å². The minimum Gasteiger partial charge on any atom is -0.351 e. The number of hydrogen-bond acceptors (Lipinski definition) is 2. The lowest BCUT2D eigenvalue weighted by Gasteiger charge is -2.26. The molecule has 3 nitrogen and oxygen atoms in total. The summed E-state index contributed by atoms with van der Waals surface area (Å²) in [4.78, 5) is 12.2. The van der Waals surface area contributed by atoms with E-state index in [1.54, 1.807) is 12.1 Å². The van der Waals surface area contributed by atoms with Gasteiger partial charge in [0, 0.05) is 29.1 Å². The van der Waals surface area contributed by atoms with Crippen molar-refractivity contribution in [3.05, 3.63) is 70.2 Å². The normalized spacial score (nSPS) is 10.8. The van der Waals surface area contributed by atoms with E-state index in [1.165, 1.54) is 0 Å². The number of halogens is 2. The van der Waals surface area contributed by atoms with Crippen LogP contribution in [0.5, 0.6) is 0 Å². The highest BCUT2D eigenvalue weighted by Gasteiger charge is 2.22. The lowest BCUT2D eigenvalue weighted by atomic mass is 9.84. The fraction of sp³-hybridized carbons (Fsp3) is 0.278. The predicted molar refractivity (Wildman–Crippen MR) is 98.4 cm³/mol. The van der Waals surface area contributed by atoms with Gasteiger partial charge < -0.3 is 11.1 Å². The van der Waals surface area contributed by atoms with Crippen molar-refractivity contribution in [3.63, 3.8) is 0 Å². The quantitative estimate of drug-likeness (QED) is 0.856. The number of amides is 1. The Labute approximate surface area is 148 Å². The van der Waals surface area contributed by atoms with Gasteiger partial charge in [-0.15, -0.1) is 12.4 Å². The van der Waals surface area contributed by atoms with Gasteiger partial charge in [-0.2, -0.15) is 0 Å². The summed E-state index contributed by atoms with van der Waals surface area (Å²) in [7, 11) is 0. The maximum atomic E-state index is 12.2. The van der Waals surface area contributed by atoms with Crippen molar-refractivity contribution in [2.45, 2.75) is 25.8 Å². The van der Waals surface area contributed by atoms with E-state index >= 15 is 0 Å². The Morgan fingerprint density at radius 1 is 1.17 bits per heavy atom. The van der Waals surface area contributed by atoms with Crippen LogP contribution in [0.25, 0.3) is 0 Å². The lowest BCUT2D eigenvalue weighted by Crippen LogP contribution is -2.36. The summed E-state index contributed by atoms with van der Waals surface area (Å²) < 4.78 is 0. The van der Waals surface area contributed by atoms with Crippen LogP contribution in [-0.4, -0.2) is 12.5 Å². The molecule has 0 aliphatic rings. The molecule has 0 radical (unpaired) electrons. The number of rotatable bonds is 5. The zero-order valence-electron chi connectivity index (χ0n) is 13.3. The van der Waals surface area contributed by atoms with Crippen LogP contribution < -0.4 is 11.1 Å². The molecule has 0 aliphatic carbocycles. The SMILES string of the molecule is CC(C)(CNC(=O)c1ccc(CN)cc1)c1cccc(Cl)c1.Cl. The van der Waals surface area contributed by atoms with Gasteiger partial charge in [-0.3, -0.25) is 4.79 Å². The number of carbonyl (C=O) groups excluding carboxylic acids is 1. The van der Waals surface area contributed by atoms with Crippen LogP contribution in [0.1, 0.15) is 35.3 Å². The third-order valence-corrected chi connectivity index (χ3v) is 3.98. The first-order valence-corrected chi connectivity index (χ1v) is 7.63. The molecule has 2 aromatic carbocycles. The van der Waals surface area contributed by atoms with Crippen LogP contribution in [0, 0.1) is 0 Å². The second kappa shape index (κ2) is 8.34. The van der Waals surface area contributed by atoms with E-state index in [2.05, 4.69) is 19.2 Å². The number of carbonyl (C=O) groups is 1. The van der Waals surface area contributed by atoms with Crippen LogP contribution in [0.15, 0.2) is 48.5 Å². The summed E-state index contributed by atoms with van der Waals surface area (Å²) in [6.45, 7) is 5.17. The molecule has 5 heteroatoms. The van der Waals surface area contributed by atoms with Gasteiger partial charge in [0.1, 0.15) is 0 Å². The second-order valence-corrected chi connectivity index (χ2v) is 6.41. The molecule has 1 amide bonds. The first-order valence-electron chi connectivity index (χ1n) is 7.25. The molecule has 3 N–H and O–H groups in total. The standard InChI is InChI=1S/C18H21ClN2O.ClH/c1-18(2,15-4-3-5-16(19)10-15)12-21-17(22)14-8-6-13(11-20)7-9-14;/h3-10H,11-12,20H2,1-2H3,(H,21,22);1H.